The van der Waals surface area contributed by atoms with Crippen LogP contribution < -0.4 is 0 Å². The van der Waals surface area contributed by atoms with Crippen LogP contribution in [0.5, 0.6) is 0 Å². The third-order valence-corrected chi connectivity index (χ3v) is 1.96. The van der Waals surface area contributed by atoms with E-state index in [0.717, 1.165) is 0 Å². The van der Waals surface area contributed by atoms with E-state index in [0.29, 0.717) is 24.5 Å². The van der Waals surface area contributed by atoms with Crippen molar-refractivity contribution in [2.75, 3.05) is 0 Å². The molecule has 0 aliphatic heterocycles. The third-order valence-electron chi connectivity index (χ3n) is 1.96. The number of rotatable bonds is 6. The molecule has 0 spiro atoms. The summed E-state index contributed by atoms with van der Waals surface area (Å²) in [6.07, 6.45) is 1.03. The summed E-state index contributed by atoms with van der Waals surface area (Å²) in [5.74, 6) is -0.369. The van der Waals surface area contributed by atoms with Gasteiger partial charge in [0.05, 0.1) is 11.3 Å². The van der Waals surface area contributed by atoms with Gasteiger partial charge in [0.25, 0.3) is 0 Å². The predicted octanol–water partition coefficient (Wildman–Crippen LogP) is 3.45. The molecule has 0 bridgehead atoms. The van der Waals surface area contributed by atoms with E-state index in [-0.39, 0.29) is 11.5 Å². The van der Waals surface area contributed by atoms with Gasteiger partial charge in [-0.05, 0) is 24.7 Å². The molecule has 0 aromatic rings. The zero-order valence-electron chi connectivity index (χ0n) is 9.87. The molecule has 86 valence electrons. The molecule has 0 atom stereocenters. The minimum absolute atomic E-state index is 0.264. The van der Waals surface area contributed by atoms with Gasteiger partial charge in [0.1, 0.15) is 0 Å². The third kappa shape index (κ3) is 5.30. The lowest BCUT2D eigenvalue weighted by atomic mass is 9.97. The number of hydrogen-bond acceptors (Lipinski definition) is 3. The molecule has 0 rings (SSSR count). The molecule has 0 amide bonds. The predicted molar refractivity (Wildman–Crippen MR) is 58.7 cm³/mol. The minimum Gasteiger partial charge on any atom is -0.478 e. The van der Waals surface area contributed by atoms with E-state index in [2.05, 4.69) is 5.11 Å². The fourth-order valence-corrected chi connectivity index (χ4v) is 1.36. The first-order valence-corrected chi connectivity index (χ1v) is 5.21. The molecule has 15 heavy (non-hydrogen) atoms. The Kier molecular flexibility index (Phi) is 5.82. The van der Waals surface area contributed by atoms with Crippen molar-refractivity contribution < 1.29 is 9.90 Å². The van der Waals surface area contributed by atoms with Gasteiger partial charge in [-0.15, -0.1) is 0 Å². The molecule has 0 saturated heterocycles. The quantitative estimate of drug-likeness (QED) is 0.522. The summed E-state index contributed by atoms with van der Waals surface area (Å²) < 4.78 is 0. The summed E-state index contributed by atoms with van der Waals surface area (Å²) in [5.41, 5.74) is 7.72. The minimum atomic E-state index is -0.949. The second-order valence-corrected chi connectivity index (χ2v) is 4.54. The van der Waals surface area contributed by atoms with E-state index in [1.807, 2.05) is 27.7 Å². The molecular weight excluding hydrogens is 192 g/mol. The van der Waals surface area contributed by atoms with Crippen LogP contribution >= 0.6 is 0 Å². The first kappa shape index (κ1) is 13.8. The lowest BCUT2D eigenvalue weighted by Gasteiger charge is -2.11. The van der Waals surface area contributed by atoms with Crippen LogP contribution in [0.15, 0.2) is 16.4 Å². The second-order valence-electron chi connectivity index (χ2n) is 4.54. The van der Waals surface area contributed by atoms with E-state index < -0.39 is 5.97 Å². The zero-order chi connectivity index (χ0) is 12.0. The van der Waals surface area contributed by atoms with Crippen molar-refractivity contribution in [3.8, 4) is 0 Å². The Morgan fingerprint density at radius 1 is 1.20 bits per heavy atom. The zero-order valence-corrected chi connectivity index (χ0v) is 9.87. The first-order valence-electron chi connectivity index (χ1n) is 5.21. The maximum Gasteiger partial charge on any atom is 0.333 e. The summed E-state index contributed by atoms with van der Waals surface area (Å²) in [7, 11) is 0. The molecule has 0 heterocycles. The van der Waals surface area contributed by atoms with Gasteiger partial charge in [0.15, 0.2) is 0 Å². The molecule has 0 unspecified atom stereocenters. The van der Waals surface area contributed by atoms with E-state index in [9.17, 15) is 4.79 Å². The molecule has 0 fully saturated rings. The number of carboxylic acid groups (broad SMARTS) is 1. The van der Waals surface area contributed by atoms with Gasteiger partial charge < -0.3 is 5.11 Å². The molecular formula is C11H20N2O2. The molecule has 0 aromatic heterocycles. The van der Waals surface area contributed by atoms with Gasteiger partial charge in [-0.25, -0.2) is 10.3 Å². The normalized spacial score (nSPS) is 12.9. The molecule has 2 N–H and O–H groups in total. The Morgan fingerprint density at radius 2 is 1.67 bits per heavy atom. The summed E-state index contributed by atoms with van der Waals surface area (Å²) in [6.45, 7) is 7.89. The highest BCUT2D eigenvalue weighted by atomic mass is 16.4. The van der Waals surface area contributed by atoms with Gasteiger partial charge in [0.2, 0.25) is 0 Å². The molecule has 0 aromatic carbocycles. The maximum atomic E-state index is 11.0. The number of nitrogens with zero attached hydrogens (tertiary/aromatic N) is 1. The standard InChI is InChI=1S/C11H20N2O2/c1-7(2)5-9(11(14)15)10(13-12)6-8(3)4/h7-8,12H,5-6H2,1-4H3,(H,14,15). The van der Waals surface area contributed by atoms with Crippen LogP contribution in [0.25, 0.3) is 0 Å². The Hall–Kier alpha value is -1.19. The van der Waals surface area contributed by atoms with Crippen molar-refractivity contribution in [2.24, 2.45) is 17.0 Å². The van der Waals surface area contributed by atoms with Crippen LogP contribution in [0.1, 0.15) is 40.5 Å². The Balaban J connectivity index is 4.99. The summed E-state index contributed by atoms with van der Waals surface area (Å²) >= 11 is 0. The van der Waals surface area contributed by atoms with Crippen molar-refractivity contribution in [3.63, 3.8) is 0 Å². The van der Waals surface area contributed by atoms with Crippen molar-refractivity contribution in [2.45, 2.75) is 40.5 Å². The van der Waals surface area contributed by atoms with Crippen molar-refractivity contribution in [1.82, 2.24) is 0 Å². The lowest BCUT2D eigenvalue weighted by molar-refractivity contribution is -0.133. The number of hydrogen-bond donors (Lipinski definition) is 2. The smallest absolute Gasteiger partial charge is 0.333 e. The van der Waals surface area contributed by atoms with Crippen molar-refractivity contribution >= 4 is 5.97 Å². The van der Waals surface area contributed by atoms with Gasteiger partial charge in [0, 0.05) is 0 Å². The van der Waals surface area contributed by atoms with Crippen LogP contribution in [-0.2, 0) is 4.79 Å². The number of allylic oxidation sites excluding steroid dienone is 1. The number of nitrogens with one attached hydrogen (secondary N) is 1. The average molecular weight is 212 g/mol. The lowest BCUT2D eigenvalue weighted by Crippen LogP contribution is -2.08. The van der Waals surface area contributed by atoms with Crippen molar-refractivity contribution in [1.29, 1.82) is 5.53 Å². The molecule has 0 saturated carbocycles. The van der Waals surface area contributed by atoms with Gasteiger partial charge >= 0.3 is 5.97 Å². The summed E-state index contributed by atoms with van der Waals surface area (Å²) in [6, 6.07) is 0. The van der Waals surface area contributed by atoms with E-state index in [4.69, 9.17) is 10.6 Å². The average Bonchev–Trinajstić information content (AvgIpc) is 2.09. The highest BCUT2D eigenvalue weighted by Gasteiger charge is 2.16. The fourth-order valence-electron chi connectivity index (χ4n) is 1.36. The molecule has 0 aliphatic rings. The first-order chi connectivity index (χ1) is 6.88. The summed E-state index contributed by atoms with van der Waals surface area (Å²) in [4.78, 5) is 11.0. The SMILES string of the molecule is CC(C)CC(N=N)=C(CC(C)C)C(=O)O. The van der Waals surface area contributed by atoms with Gasteiger partial charge in [-0.1, -0.05) is 27.7 Å². The molecule has 4 heteroatoms. The van der Waals surface area contributed by atoms with Crippen LogP contribution in [0.4, 0.5) is 0 Å². The Labute approximate surface area is 90.9 Å². The molecule has 4 nitrogen and oxygen atoms in total. The van der Waals surface area contributed by atoms with E-state index in [1.165, 1.54) is 0 Å². The highest BCUT2D eigenvalue weighted by Crippen LogP contribution is 2.22. The number of carbonyl (C=O) groups is 1. The van der Waals surface area contributed by atoms with E-state index >= 15 is 0 Å². The maximum absolute atomic E-state index is 11.0. The highest BCUT2D eigenvalue weighted by molar-refractivity contribution is 5.87. The Morgan fingerprint density at radius 3 is 1.93 bits per heavy atom. The van der Waals surface area contributed by atoms with Crippen molar-refractivity contribution in [3.05, 3.63) is 11.3 Å². The topological polar surface area (TPSA) is 73.5 Å². The Bertz CT molecular complexity index is 268. The molecule has 0 radical (unpaired) electrons. The number of aliphatic carboxylic acids is 1. The van der Waals surface area contributed by atoms with Crippen LogP contribution in [0.3, 0.4) is 0 Å². The largest absolute Gasteiger partial charge is 0.478 e. The second kappa shape index (κ2) is 6.32. The van der Waals surface area contributed by atoms with E-state index in [1.54, 1.807) is 0 Å². The fraction of sp³-hybridized carbons (Fsp3) is 0.727. The van der Waals surface area contributed by atoms with Gasteiger partial charge in [-0.2, -0.15) is 5.11 Å². The number of carboxylic acids is 1. The molecule has 0 aliphatic carbocycles. The van der Waals surface area contributed by atoms with Crippen LogP contribution in [-0.4, -0.2) is 11.1 Å². The van der Waals surface area contributed by atoms with Crippen LogP contribution in [0, 0.1) is 17.4 Å². The monoisotopic (exact) mass is 212 g/mol. The summed E-state index contributed by atoms with van der Waals surface area (Å²) in [5, 5.41) is 12.4. The van der Waals surface area contributed by atoms with Gasteiger partial charge in [-0.3, -0.25) is 0 Å². The van der Waals surface area contributed by atoms with Crippen LogP contribution in [0.2, 0.25) is 0 Å².